The van der Waals surface area contributed by atoms with Crippen molar-refractivity contribution in [1.82, 2.24) is 14.9 Å². The van der Waals surface area contributed by atoms with Crippen molar-refractivity contribution in [2.24, 2.45) is 5.73 Å². The van der Waals surface area contributed by atoms with Gasteiger partial charge in [-0.2, -0.15) is 0 Å². The van der Waals surface area contributed by atoms with Gasteiger partial charge in [0, 0.05) is 37.1 Å². The third-order valence-electron chi connectivity index (χ3n) is 4.51. The summed E-state index contributed by atoms with van der Waals surface area (Å²) >= 11 is 0. The zero-order chi connectivity index (χ0) is 15.9. The van der Waals surface area contributed by atoms with Gasteiger partial charge in [0.1, 0.15) is 0 Å². The van der Waals surface area contributed by atoms with Gasteiger partial charge in [0.05, 0.1) is 0 Å². The molecule has 1 aliphatic heterocycles. The van der Waals surface area contributed by atoms with E-state index in [1.165, 1.54) is 6.42 Å². The van der Waals surface area contributed by atoms with E-state index in [-0.39, 0.29) is 0 Å². The average molecular weight is 305 g/mol. The number of likely N-dealkylation sites (N-methyl/N-ethyl adjacent to an activating group) is 1. The molecule has 0 spiro atoms. The Morgan fingerprint density at radius 3 is 2.82 bits per heavy atom. The molecule has 2 N–H and O–H groups in total. The van der Waals surface area contributed by atoms with Crippen LogP contribution in [-0.4, -0.2) is 53.6 Å². The second-order valence-corrected chi connectivity index (χ2v) is 6.49. The predicted molar refractivity (Wildman–Crippen MR) is 92.2 cm³/mol. The lowest BCUT2D eigenvalue weighted by atomic mass is 10.1. The van der Waals surface area contributed by atoms with Gasteiger partial charge in [-0.3, -0.25) is 0 Å². The van der Waals surface area contributed by atoms with E-state index in [0.717, 1.165) is 57.0 Å². The molecule has 1 aromatic rings. The molecule has 1 saturated heterocycles. The number of nitrogens with two attached hydrogens (primary N) is 1. The highest BCUT2D eigenvalue weighted by atomic mass is 15.4. The molecule has 22 heavy (non-hydrogen) atoms. The molecule has 5 nitrogen and oxygen atoms in total. The Morgan fingerprint density at radius 1 is 1.27 bits per heavy atom. The minimum atomic E-state index is 0.455. The largest absolute Gasteiger partial charge is 0.333 e. The van der Waals surface area contributed by atoms with Crippen LogP contribution in [0.1, 0.15) is 45.2 Å². The third kappa shape index (κ3) is 4.40. The Kier molecular flexibility index (Phi) is 6.58. The maximum Gasteiger partial charge on any atom is 0.226 e. The van der Waals surface area contributed by atoms with E-state index in [1.54, 1.807) is 0 Å². The van der Waals surface area contributed by atoms with Crippen LogP contribution in [0.3, 0.4) is 0 Å². The number of hydrogen-bond acceptors (Lipinski definition) is 5. The number of unbranched alkanes of at least 4 members (excludes halogenated alkanes) is 2. The molecule has 2 unspecified atom stereocenters. The van der Waals surface area contributed by atoms with Crippen LogP contribution in [0.4, 0.5) is 5.95 Å². The van der Waals surface area contributed by atoms with E-state index in [0.29, 0.717) is 12.1 Å². The second-order valence-electron chi connectivity index (χ2n) is 6.49. The van der Waals surface area contributed by atoms with Gasteiger partial charge in [0.15, 0.2) is 0 Å². The second kappa shape index (κ2) is 8.44. The van der Waals surface area contributed by atoms with Crippen molar-refractivity contribution in [2.75, 3.05) is 31.6 Å². The summed E-state index contributed by atoms with van der Waals surface area (Å²) in [5.41, 5.74) is 6.71. The molecule has 124 valence electrons. The van der Waals surface area contributed by atoms with Crippen LogP contribution < -0.4 is 10.6 Å². The zero-order valence-electron chi connectivity index (χ0n) is 14.3. The van der Waals surface area contributed by atoms with Crippen LogP contribution in [0.15, 0.2) is 12.3 Å². The summed E-state index contributed by atoms with van der Waals surface area (Å²) in [6, 6.07) is 3.01. The fourth-order valence-corrected chi connectivity index (χ4v) is 3.38. The standard InChI is InChI=1S/C17H31N5/c1-4-16-13-21(3)12-14(2)22(16)17-19-11-9-15(20-17)8-6-5-7-10-18/h9,11,14,16H,4-8,10,12-13,18H2,1-3H3. The first kappa shape index (κ1) is 17.2. The lowest BCUT2D eigenvalue weighted by Crippen LogP contribution is -2.57. The lowest BCUT2D eigenvalue weighted by Gasteiger charge is -2.44. The SMILES string of the molecule is CCC1CN(C)CC(C)N1c1nccc(CCCCCN)n1. The smallest absolute Gasteiger partial charge is 0.226 e. The highest BCUT2D eigenvalue weighted by molar-refractivity contribution is 5.35. The van der Waals surface area contributed by atoms with Gasteiger partial charge < -0.3 is 15.5 Å². The maximum atomic E-state index is 5.55. The highest BCUT2D eigenvalue weighted by Gasteiger charge is 2.31. The first-order chi connectivity index (χ1) is 10.7. The van der Waals surface area contributed by atoms with Gasteiger partial charge in [0.25, 0.3) is 0 Å². The van der Waals surface area contributed by atoms with Crippen molar-refractivity contribution in [3.8, 4) is 0 Å². The normalized spacial score (nSPS) is 23.0. The van der Waals surface area contributed by atoms with Crippen molar-refractivity contribution >= 4 is 5.95 Å². The fourth-order valence-electron chi connectivity index (χ4n) is 3.38. The van der Waals surface area contributed by atoms with Crippen LogP contribution in [0.2, 0.25) is 0 Å². The molecule has 0 aliphatic carbocycles. The van der Waals surface area contributed by atoms with Crippen molar-refractivity contribution in [1.29, 1.82) is 0 Å². The molecule has 1 aromatic heterocycles. The molecule has 5 heteroatoms. The quantitative estimate of drug-likeness (QED) is 0.782. The number of hydrogen-bond donors (Lipinski definition) is 1. The van der Waals surface area contributed by atoms with Gasteiger partial charge in [-0.25, -0.2) is 9.97 Å². The van der Waals surface area contributed by atoms with Crippen LogP contribution in [-0.2, 0) is 6.42 Å². The Bertz CT molecular complexity index is 450. The van der Waals surface area contributed by atoms with Gasteiger partial charge in [-0.1, -0.05) is 13.3 Å². The first-order valence-corrected chi connectivity index (χ1v) is 8.64. The van der Waals surface area contributed by atoms with E-state index in [2.05, 4.69) is 35.7 Å². The van der Waals surface area contributed by atoms with Crippen LogP contribution >= 0.6 is 0 Å². The van der Waals surface area contributed by atoms with E-state index in [4.69, 9.17) is 10.7 Å². The molecule has 2 rings (SSSR count). The van der Waals surface area contributed by atoms with E-state index in [9.17, 15) is 0 Å². The van der Waals surface area contributed by atoms with Crippen molar-refractivity contribution in [3.63, 3.8) is 0 Å². The lowest BCUT2D eigenvalue weighted by molar-refractivity contribution is 0.227. The number of nitrogens with zero attached hydrogens (tertiary/aromatic N) is 4. The molecular weight excluding hydrogens is 274 g/mol. The Labute approximate surface area is 134 Å². The third-order valence-corrected chi connectivity index (χ3v) is 4.51. The summed E-state index contributed by atoms with van der Waals surface area (Å²) in [5, 5.41) is 0. The molecular formula is C17H31N5. The highest BCUT2D eigenvalue weighted by Crippen LogP contribution is 2.22. The zero-order valence-corrected chi connectivity index (χ0v) is 14.3. The maximum absolute atomic E-state index is 5.55. The Hall–Kier alpha value is -1.20. The molecule has 0 radical (unpaired) electrons. The molecule has 1 aliphatic rings. The topological polar surface area (TPSA) is 58.3 Å². The van der Waals surface area contributed by atoms with Gasteiger partial charge in [-0.05, 0) is 52.3 Å². The van der Waals surface area contributed by atoms with Gasteiger partial charge >= 0.3 is 0 Å². The number of aromatic nitrogens is 2. The Morgan fingerprint density at radius 2 is 2.09 bits per heavy atom. The summed E-state index contributed by atoms with van der Waals surface area (Å²) in [6.07, 6.45) is 7.50. The molecule has 0 amide bonds. The fraction of sp³-hybridized carbons (Fsp3) is 0.765. The van der Waals surface area contributed by atoms with Crippen LogP contribution in [0.5, 0.6) is 0 Å². The molecule has 2 heterocycles. The van der Waals surface area contributed by atoms with E-state index in [1.807, 2.05) is 12.3 Å². The number of anilines is 1. The van der Waals surface area contributed by atoms with Crippen molar-refractivity contribution < 1.29 is 0 Å². The molecule has 0 saturated carbocycles. The first-order valence-electron chi connectivity index (χ1n) is 8.64. The summed E-state index contributed by atoms with van der Waals surface area (Å²) in [6.45, 7) is 7.47. The molecule has 0 aromatic carbocycles. The summed E-state index contributed by atoms with van der Waals surface area (Å²) < 4.78 is 0. The monoisotopic (exact) mass is 305 g/mol. The van der Waals surface area contributed by atoms with Crippen LogP contribution in [0.25, 0.3) is 0 Å². The summed E-state index contributed by atoms with van der Waals surface area (Å²) in [7, 11) is 2.20. The van der Waals surface area contributed by atoms with Crippen LogP contribution in [0, 0.1) is 0 Å². The van der Waals surface area contributed by atoms with Gasteiger partial charge in [0.2, 0.25) is 5.95 Å². The van der Waals surface area contributed by atoms with Crippen molar-refractivity contribution in [2.45, 2.75) is 58.0 Å². The Balaban J connectivity index is 2.06. The molecule has 0 bridgehead atoms. The number of piperazine rings is 1. The molecule has 2 atom stereocenters. The van der Waals surface area contributed by atoms with E-state index >= 15 is 0 Å². The van der Waals surface area contributed by atoms with Gasteiger partial charge in [-0.15, -0.1) is 0 Å². The summed E-state index contributed by atoms with van der Waals surface area (Å²) in [5.74, 6) is 0.906. The minimum Gasteiger partial charge on any atom is -0.333 e. The minimum absolute atomic E-state index is 0.455. The predicted octanol–water partition coefficient (Wildman–Crippen LogP) is 2.07. The average Bonchev–Trinajstić information content (AvgIpc) is 2.51. The molecule has 1 fully saturated rings. The van der Waals surface area contributed by atoms with Crippen molar-refractivity contribution in [3.05, 3.63) is 18.0 Å². The summed E-state index contributed by atoms with van der Waals surface area (Å²) in [4.78, 5) is 14.2. The number of rotatable bonds is 7. The van der Waals surface area contributed by atoms with E-state index < -0.39 is 0 Å². The number of aryl methyl sites for hydroxylation is 1.